The number of nitrogens with two attached hydrogens (primary N) is 1. The van der Waals surface area contributed by atoms with Crippen molar-refractivity contribution in [2.45, 2.75) is 12.3 Å². The van der Waals surface area contributed by atoms with Gasteiger partial charge in [0, 0.05) is 31.2 Å². The Balaban J connectivity index is 1.96. The molecule has 1 unspecified atom stereocenters. The van der Waals surface area contributed by atoms with Crippen LogP contribution in [0.2, 0.25) is 0 Å². The number of benzene rings is 1. The molecule has 1 aromatic carbocycles. The van der Waals surface area contributed by atoms with Crippen LogP contribution in [-0.2, 0) is 9.59 Å². The summed E-state index contributed by atoms with van der Waals surface area (Å²) in [7, 11) is 0. The first-order valence-electron chi connectivity index (χ1n) is 8.77. The molecule has 1 heterocycles. The highest BCUT2D eigenvalue weighted by atomic mass is 16.4. The summed E-state index contributed by atoms with van der Waals surface area (Å²) >= 11 is 0. The van der Waals surface area contributed by atoms with Crippen molar-refractivity contribution in [2.75, 3.05) is 18.4 Å². The van der Waals surface area contributed by atoms with E-state index < -0.39 is 23.8 Å². The highest BCUT2D eigenvalue weighted by Crippen LogP contribution is 2.14. The normalized spacial score (nSPS) is 11.6. The van der Waals surface area contributed by atoms with Gasteiger partial charge in [0.1, 0.15) is 0 Å². The third-order valence-corrected chi connectivity index (χ3v) is 3.90. The lowest BCUT2D eigenvalue weighted by Crippen LogP contribution is -2.39. The first kappa shape index (κ1) is 21.4. The van der Waals surface area contributed by atoms with Crippen molar-refractivity contribution in [2.24, 2.45) is 10.9 Å². The number of hydrogen-bond acceptors (Lipinski definition) is 6. The summed E-state index contributed by atoms with van der Waals surface area (Å²) in [5.41, 5.74) is 1.94. The zero-order valence-corrected chi connectivity index (χ0v) is 15.5. The van der Waals surface area contributed by atoms with Crippen LogP contribution in [0.15, 0.2) is 53.9 Å². The van der Waals surface area contributed by atoms with E-state index in [0.29, 0.717) is 11.3 Å². The van der Waals surface area contributed by atoms with Crippen LogP contribution in [-0.4, -0.2) is 47.3 Å². The standard InChI is InChI=1S/C19H22N6O4/c20-24-10-13-3-5-15(6-4-13)25-19(29)23-12-16(14-2-1-8-21-11-14)18(28)22-9-7-17(26)27/h1-6,8,10-11,16H,7,9,12,20H2,(H,22,28)(H,26,27)(H2,23,25,29). The van der Waals surface area contributed by atoms with Crippen molar-refractivity contribution in [3.05, 3.63) is 59.9 Å². The van der Waals surface area contributed by atoms with Crippen molar-refractivity contribution in [1.29, 1.82) is 0 Å². The van der Waals surface area contributed by atoms with Crippen molar-refractivity contribution >= 4 is 29.8 Å². The molecule has 0 aliphatic carbocycles. The van der Waals surface area contributed by atoms with Crippen LogP contribution < -0.4 is 21.8 Å². The van der Waals surface area contributed by atoms with Crippen LogP contribution in [0.1, 0.15) is 23.5 Å². The molecule has 10 heteroatoms. The predicted octanol–water partition coefficient (Wildman–Crippen LogP) is 0.870. The summed E-state index contributed by atoms with van der Waals surface area (Å²) in [6, 6.07) is 9.75. The van der Waals surface area contributed by atoms with Gasteiger partial charge in [0.25, 0.3) is 0 Å². The fraction of sp³-hybridized carbons (Fsp3) is 0.211. The minimum atomic E-state index is -1.01. The summed E-state index contributed by atoms with van der Waals surface area (Å²) in [6.45, 7) is 0.00389. The van der Waals surface area contributed by atoms with E-state index >= 15 is 0 Å². The molecule has 152 valence electrons. The summed E-state index contributed by atoms with van der Waals surface area (Å²) in [5, 5.41) is 20.0. The van der Waals surface area contributed by atoms with Gasteiger partial charge in [0.15, 0.2) is 0 Å². The largest absolute Gasteiger partial charge is 0.481 e. The summed E-state index contributed by atoms with van der Waals surface area (Å²) in [6.07, 6.45) is 4.39. The Bertz CT molecular complexity index is 855. The molecule has 0 aliphatic heterocycles. The molecule has 29 heavy (non-hydrogen) atoms. The topological polar surface area (TPSA) is 159 Å². The number of carbonyl (C=O) groups is 3. The second-order valence-corrected chi connectivity index (χ2v) is 6.01. The van der Waals surface area contributed by atoms with Gasteiger partial charge in [-0.3, -0.25) is 14.6 Å². The fourth-order valence-corrected chi connectivity index (χ4v) is 2.47. The average Bonchev–Trinajstić information content (AvgIpc) is 2.70. The first-order valence-corrected chi connectivity index (χ1v) is 8.77. The third-order valence-electron chi connectivity index (χ3n) is 3.90. The molecule has 0 saturated heterocycles. The molecule has 0 saturated carbocycles. The van der Waals surface area contributed by atoms with Crippen molar-refractivity contribution in [3.8, 4) is 0 Å². The predicted molar refractivity (Wildman–Crippen MR) is 107 cm³/mol. The molecule has 0 spiro atoms. The number of pyridine rings is 1. The van der Waals surface area contributed by atoms with E-state index in [4.69, 9.17) is 10.9 Å². The number of nitrogens with zero attached hydrogens (tertiary/aromatic N) is 2. The second kappa shape index (κ2) is 11.0. The van der Waals surface area contributed by atoms with Crippen molar-refractivity contribution in [1.82, 2.24) is 15.6 Å². The molecule has 1 aromatic heterocycles. The van der Waals surface area contributed by atoms with Crippen LogP contribution in [0.4, 0.5) is 10.5 Å². The number of carbonyl (C=O) groups excluding carboxylic acids is 2. The zero-order valence-electron chi connectivity index (χ0n) is 15.5. The Kier molecular flexibility index (Phi) is 8.11. The number of hydrazone groups is 1. The van der Waals surface area contributed by atoms with Gasteiger partial charge in [-0.2, -0.15) is 5.10 Å². The maximum absolute atomic E-state index is 12.5. The lowest BCUT2D eigenvalue weighted by atomic mass is 10.00. The zero-order chi connectivity index (χ0) is 21.1. The van der Waals surface area contributed by atoms with E-state index in [0.717, 1.165) is 5.56 Å². The van der Waals surface area contributed by atoms with E-state index in [-0.39, 0.29) is 19.5 Å². The molecule has 2 aromatic rings. The van der Waals surface area contributed by atoms with Crippen molar-refractivity contribution < 1.29 is 19.5 Å². The Hall–Kier alpha value is -3.95. The van der Waals surface area contributed by atoms with Crippen LogP contribution in [0.25, 0.3) is 0 Å². The van der Waals surface area contributed by atoms with Gasteiger partial charge in [-0.05, 0) is 29.3 Å². The molecule has 6 N–H and O–H groups in total. The number of carboxylic acids is 1. The molecule has 1 atom stereocenters. The van der Waals surface area contributed by atoms with Gasteiger partial charge in [0.2, 0.25) is 5.91 Å². The molecular weight excluding hydrogens is 376 g/mol. The highest BCUT2D eigenvalue weighted by Gasteiger charge is 2.21. The number of amides is 3. The van der Waals surface area contributed by atoms with Crippen LogP contribution in [0.5, 0.6) is 0 Å². The number of nitrogens with one attached hydrogen (secondary N) is 3. The van der Waals surface area contributed by atoms with E-state index in [9.17, 15) is 14.4 Å². The summed E-state index contributed by atoms with van der Waals surface area (Å²) in [5.74, 6) is 2.96. The Morgan fingerprint density at radius 1 is 1.17 bits per heavy atom. The van der Waals surface area contributed by atoms with Crippen LogP contribution >= 0.6 is 0 Å². The van der Waals surface area contributed by atoms with Gasteiger partial charge in [-0.15, -0.1) is 0 Å². The second-order valence-electron chi connectivity index (χ2n) is 6.01. The molecule has 10 nitrogen and oxygen atoms in total. The molecule has 0 bridgehead atoms. The van der Waals surface area contributed by atoms with Crippen LogP contribution in [0, 0.1) is 0 Å². The van der Waals surface area contributed by atoms with Crippen molar-refractivity contribution in [3.63, 3.8) is 0 Å². The summed E-state index contributed by atoms with van der Waals surface area (Å²) in [4.78, 5) is 39.3. The Morgan fingerprint density at radius 3 is 2.55 bits per heavy atom. The van der Waals surface area contributed by atoms with Gasteiger partial charge in [0.05, 0.1) is 18.6 Å². The number of rotatable bonds is 9. The average molecular weight is 398 g/mol. The number of aromatic nitrogens is 1. The van der Waals surface area contributed by atoms with Gasteiger partial charge in [-0.1, -0.05) is 18.2 Å². The summed E-state index contributed by atoms with van der Waals surface area (Å²) < 4.78 is 0. The Morgan fingerprint density at radius 2 is 1.93 bits per heavy atom. The number of aliphatic carboxylic acids is 1. The third kappa shape index (κ3) is 7.29. The lowest BCUT2D eigenvalue weighted by Gasteiger charge is -2.18. The number of anilines is 1. The molecule has 0 aliphatic rings. The lowest BCUT2D eigenvalue weighted by molar-refractivity contribution is -0.136. The molecular formula is C19H22N6O4. The minimum Gasteiger partial charge on any atom is -0.481 e. The molecule has 3 amide bonds. The maximum Gasteiger partial charge on any atom is 0.319 e. The van der Waals surface area contributed by atoms with E-state index in [1.807, 2.05) is 0 Å². The monoisotopic (exact) mass is 398 g/mol. The number of carboxylic acid groups (broad SMARTS) is 1. The number of hydrogen-bond donors (Lipinski definition) is 5. The van der Waals surface area contributed by atoms with Gasteiger partial charge in [-0.25, -0.2) is 4.79 Å². The Labute approximate surface area is 167 Å². The first-order chi connectivity index (χ1) is 14.0. The fourth-order valence-electron chi connectivity index (χ4n) is 2.47. The van der Waals surface area contributed by atoms with E-state index in [2.05, 4.69) is 26.0 Å². The van der Waals surface area contributed by atoms with Crippen LogP contribution in [0.3, 0.4) is 0 Å². The SMILES string of the molecule is NN=Cc1ccc(NC(=O)NCC(C(=O)NCCC(=O)O)c2cccnc2)cc1. The quantitative estimate of drug-likeness (QED) is 0.239. The number of urea groups is 1. The molecule has 2 rings (SSSR count). The minimum absolute atomic E-state index is 0.00439. The smallest absolute Gasteiger partial charge is 0.319 e. The van der Waals surface area contributed by atoms with Gasteiger partial charge >= 0.3 is 12.0 Å². The molecule has 0 fully saturated rings. The van der Waals surface area contributed by atoms with E-state index in [1.54, 1.807) is 42.6 Å². The highest BCUT2D eigenvalue weighted by molar-refractivity contribution is 5.91. The molecule has 0 radical (unpaired) electrons. The van der Waals surface area contributed by atoms with E-state index in [1.165, 1.54) is 12.4 Å². The maximum atomic E-state index is 12.5. The van der Waals surface area contributed by atoms with Gasteiger partial charge < -0.3 is 26.9 Å².